The average molecular weight is 307 g/mol. The Morgan fingerprint density at radius 1 is 1.29 bits per heavy atom. The number of ether oxygens (including phenoxy) is 1. The summed E-state index contributed by atoms with van der Waals surface area (Å²) in [6.07, 6.45) is 1.40. The van der Waals surface area contributed by atoms with E-state index in [1.54, 1.807) is 37.3 Å². The molecule has 0 bridgehead atoms. The molecule has 0 saturated carbocycles. The number of nitrogens with one attached hydrogen (secondary N) is 1. The van der Waals surface area contributed by atoms with Gasteiger partial charge in [0.15, 0.2) is 0 Å². The molecular formula is C14H17N3O3S. The fourth-order valence-electron chi connectivity index (χ4n) is 1.91. The van der Waals surface area contributed by atoms with Gasteiger partial charge in [-0.15, -0.1) is 0 Å². The number of hydrogen-bond donors (Lipinski definition) is 2. The van der Waals surface area contributed by atoms with Crippen molar-refractivity contribution in [1.29, 1.82) is 0 Å². The van der Waals surface area contributed by atoms with Crippen LogP contribution < -0.4 is 15.2 Å². The largest absolute Gasteiger partial charge is 0.481 e. The Labute approximate surface area is 124 Å². The Morgan fingerprint density at radius 3 is 2.57 bits per heavy atom. The van der Waals surface area contributed by atoms with Crippen LogP contribution in [0.15, 0.2) is 41.4 Å². The fraction of sp³-hybridized carbons (Fsp3) is 0.214. The van der Waals surface area contributed by atoms with Gasteiger partial charge in [-0.3, -0.25) is 4.72 Å². The summed E-state index contributed by atoms with van der Waals surface area (Å²) in [7, 11) is -2.17. The van der Waals surface area contributed by atoms with Crippen LogP contribution >= 0.6 is 0 Å². The number of rotatable bonds is 5. The molecule has 0 radical (unpaired) electrons. The Morgan fingerprint density at radius 2 is 2.05 bits per heavy atom. The van der Waals surface area contributed by atoms with E-state index in [1.807, 2.05) is 0 Å². The summed E-state index contributed by atoms with van der Waals surface area (Å²) in [5.74, 6) is 0.418. The molecule has 7 heteroatoms. The second kappa shape index (κ2) is 6.11. The Kier molecular flexibility index (Phi) is 4.44. The molecule has 0 aliphatic heterocycles. The smallest absolute Gasteiger partial charge is 0.262 e. The van der Waals surface area contributed by atoms with Gasteiger partial charge in [-0.05, 0) is 30.2 Å². The first-order valence-corrected chi connectivity index (χ1v) is 7.77. The van der Waals surface area contributed by atoms with Crippen molar-refractivity contribution in [2.75, 3.05) is 11.8 Å². The van der Waals surface area contributed by atoms with Gasteiger partial charge >= 0.3 is 0 Å². The summed E-state index contributed by atoms with van der Waals surface area (Å²) in [6.45, 7) is 2.11. The highest BCUT2D eigenvalue weighted by atomic mass is 32.2. The molecule has 0 amide bonds. The maximum atomic E-state index is 12.4. The van der Waals surface area contributed by atoms with E-state index in [-0.39, 0.29) is 4.90 Å². The quantitative estimate of drug-likeness (QED) is 0.876. The van der Waals surface area contributed by atoms with Crippen LogP contribution in [0.3, 0.4) is 0 Å². The number of nitrogens with zero attached hydrogens (tertiary/aromatic N) is 1. The minimum absolute atomic E-state index is 0.218. The molecule has 2 aromatic rings. The number of nitrogens with two attached hydrogens (primary N) is 1. The molecule has 1 aromatic carbocycles. The number of sulfonamides is 1. The van der Waals surface area contributed by atoms with Gasteiger partial charge in [-0.1, -0.05) is 12.1 Å². The second-order valence-electron chi connectivity index (χ2n) is 4.50. The number of pyridine rings is 1. The average Bonchev–Trinajstić information content (AvgIpc) is 2.47. The van der Waals surface area contributed by atoms with Crippen molar-refractivity contribution in [3.8, 4) is 5.88 Å². The van der Waals surface area contributed by atoms with Gasteiger partial charge in [0.2, 0.25) is 5.88 Å². The van der Waals surface area contributed by atoms with Crippen LogP contribution in [0.4, 0.5) is 5.69 Å². The van der Waals surface area contributed by atoms with Crippen molar-refractivity contribution in [2.45, 2.75) is 18.4 Å². The van der Waals surface area contributed by atoms with Crippen LogP contribution in [0, 0.1) is 6.92 Å². The second-order valence-corrected chi connectivity index (χ2v) is 6.15. The molecule has 1 aromatic heterocycles. The van der Waals surface area contributed by atoms with E-state index in [1.165, 1.54) is 13.3 Å². The number of aromatic nitrogens is 1. The molecule has 0 fully saturated rings. The van der Waals surface area contributed by atoms with Crippen LogP contribution in [0.2, 0.25) is 0 Å². The summed E-state index contributed by atoms with van der Waals surface area (Å²) in [5, 5.41) is 0. The molecule has 0 spiro atoms. The molecule has 0 aliphatic rings. The van der Waals surface area contributed by atoms with Crippen LogP contribution in [0.1, 0.15) is 11.1 Å². The summed E-state index contributed by atoms with van der Waals surface area (Å²) in [5.41, 5.74) is 7.45. The molecule has 0 atom stereocenters. The van der Waals surface area contributed by atoms with Crippen molar-refractivity contribution in [1.82, 2.24) is 4.98 Å². The van der Waals surface area contributed by atoms with Gasteiger partial charge in [0.1, 0.15) is 0 Å². The lowest BCUT2D eigenvalue weighted by atomic mass is 10.1. The molecule has 0 unspecified atom stereocenters. The molecule has 6 nitrogen and oxygen atoms in total. The third-order valence-electron chi connectivity index (χ3n) is 2.96. The lowest BCUT2D eigenvalue weighted by Crippen LogP contribution is -2.14. The van der Waals surface area contributed by atoms with Gasteiger partial charge in [0.25, 0.3) is 10.0 Å². The molecule has 3 N–H and O–H groups in total. The SMILES string of the molecule is COc1ccc(NS(=O)(=O)c2ccc(CN)cc2C)cn1. The van der Waals surface area contributed by atoms with Crippen LogP contribution in [-0.4, -0.2) is 20.5 Å². The molecule has 0 aliphatic carbocycles. The minimum atomic E-state index is -3.66. The first-order chi connectivity index (χ1) is 9.96. The standard InChI is InChI=1S/C14H17N3O3S/c1-10-7-11(8-15)3-5-13(10)21(18,19)17-12-4-6-14(20-2)16-9-12/h3-7,9,17H,8,15H2,1-2H3. The lowest BCUT2D eigenvalue weighted by molar-refractivity contribution is 0.398. The first-order valence-electron chi connectivity index (χ1n) is 6.28. The van der Waals surface area contributed by atoms with Gasteiger partial charge in [0.05, 0.1) is 23.9 Å². The fourth-order valence-corrected chi connectivity index (χ4v) is 3.18. The summed E-state index contributed by atoms with van der Waals surface area (Å²) >= 11 is 0. The molecule has 1 heterocycles. The molecule has 112 valence electrons. The van der Waals surface area contributed by atoms with E-state index in [0.717, 1.165) is 5.56 Å². The van der Waals surface area contributed by atoms with E-state index < -0.39 is 10.0 Å². The third kappa shape index (κ3) is 3.50. The Balaban J connectivity index is 2.29. The van der Waals surface area contributed by atoms with Crippen molar-refractivity contribution >= 4 is 15.7 Å². The monoisotopic (exact) mass is 307 g/mol. The summed E-state index contributed by atoms with van der Waals surface area (Å²) in [6, 6.07) is 8.20. The molecular weight excluding hydrogens is 290 g/mol. The van der Waals surface area contributed by atoms with E-state index in [4.69, 9.17) is 10.5 Å². The zero-order valence-corrected chi connectivity index (χ0v) is 12.6. The van der Waals surface area contributed by atoms with Crippen LogP contribution in [-0.2, 0) is 16.6 Å². The maximum absolute atomic E-state index is 12.4. The van der Waals surface area contributed by atoms with Crippen molar-refractivity contribution in [3.63, 3.8) is 0 Å². The van der Waals surface area contributed by atoms with Crippen molar-refractivity contribution in [2.24, 2.45) is 5.73 Å². The normalized spacial score (nSPS) is 11.2. The molecule has 2 rings (SSSR count). The van der Waals surface area contributed by atoms with Gasteiger partial charge in [-0.2, -0.15) is 0 Å². The van der Waals surface area contributed by atoms with E-state index >= 15 is 0 Å². The lowest BCUT2D eigenvalue weighted by Gasteiger charge is -2.11. The predicted octanol–water partition coefficient (Wildman–Crippen LogP) is 1.66. The van der Waals surface area contributed by atoms with E-state index in [9.17, 15) is 8.42 Å². The van der Waals surface area contributed by atoms with Crippen molar-refractivity contribution in [3.05, 3.63) is 47.7 Å². The van der Waals surface area contributed by atoms with Gasteiger partial charge in [0, 0.05) is 12.6 Å². The number of anilines is 1. The topological polar surface area (TPSA) is 94.3 Å². The predicted molar refractivity (Wildman–Crippen MR) is 80.7 cm³/mol. The first kappa shape index (κ1) is 15.3. The minimum Gasteiger partial charge on any atom is -0.481 e. The Hall–Kier alpha value is -2.12. The third-order valence-corrected chi connectivity index (χ3v) is 4.50. The molecule has 0 saturated heterocycles. The van der Waals surface area contributed by atoms with Crippen molar-refractivity contribution < 1.29 is 13.2 Å². The van der Waals surface area contributed by atoms with Crippen LogP contribution in [0.5, 0.6) is 5.88 Å². The zero-order chi connectivity index (χ0) is 15.5. The number of methoxy groups -OCH3 is 1. The van der Waals surface area contributed by atoms with E-state index in [2.05, 4.69) is 9.71 Å². The number of benzene rings is 1. The highest BCUT2D eigenvalue weighted by Crippen LogP contribution is 2.21. The van der Waals surface area contributed by atoms with E-state index in [0.29, 0.717) is 23.7 Å². The number of hydrogen-bond acceptors (Lipinski definition) is 5. The zero-order valence-electron chi connectivity index (χ0n) is 11.8. The summed E-state index contributed by atoms with van der Waals surface area (Å²) in [4.78, 5) is 4.18. The number of aryl methyl sites for hydroxylation is 1. The van der Waals surface area contributed by atoms with Crippen LogP contribution in [0.25, 0.3) is 0 Å². The highest BCUT2D eigenvalue weighted by molar-refractivity contribution is 7.92. The highest BCUT2D eigenvalue weighted by Gasteiger charge is 2.17. The van der Waals surface area contributed by atoms with Gasteiger partial charge < -0.3 is 10.5 Å². The molecule has 21 heavy (non-hydrogen) atoms. The summed E-state index contributed by atoms with van der Waals surface area (Å²) < 4.78 is 32.2. The van der Waals surface area contributed by atoms with Gasteiger partial charge in [-0.25, -0.2) is 13.4 Å². The Bertz CT molecular complexity index is 728. The maximum Gasteiger partial charge on any atom is 0.262 e.